The fraction of sp³-hybridized carbons (Fsp3) is 0.463. The summed E-state index contributed by atoms with van der Waals surface area (Å²) in [5, 5.41) is 15.7. The SMILES string of the molecule is Cc1ccc(C(C(=O)NC(Cc2ccccc2)C(=O)OC(C)(C)C)N(C(=O)C(Cc2ccc(O)cc2)NC(=O)OC(C)(C)C)C2CCC2)c(C)c1. The Labute approximate surface area is 301 Å². The highest BCUT2D eigenvalue weighted by Gasteiger charge is 2.43. The van der Waals surface area contributed by atoms with Crippen molar-refractivity contribution in [1.82, 2.24) is 15.5 Å². The fourth-order valence-corrected chi connectivity index (χ4v) is 6.10. The Hall–Kier alpha value is -4.86. The molecule has 3 amide bonds. The number of aryl methyl sites for hydroxylation is 2. The van der Waals surface area contributed by atoms with Crippen LogP contribution in [-0.4, -0.2) is 63.2 Å². The number of phenols is 1. The van der Waals surface area contributed by atoms with E-state index in [1.54, 1.807) is 58.6 Å². The van der Waals surface area contributed by atoms with Crippen LogP contribution in [0.3, 0.4) is 0 Å². The Morgan fingerprint density at radius 2 is 1.37 bits per heavy atom. The van der Waals surface area contributed by atoms with Gasteiger partial charge in [-0.05, 0) is 109 Å². The molecule has 3 N–H and O–H groups in total. The van der Waals surface area contributed by atoms with Gasteiger partial charge in [0, 0.05) is 18.9 Å². The van der Waals surface area contributed by atoms with Gasteiger partial charge in [-0.25, -0.2) is 9.59 Å². The minimum Gasteiger partial charge on any atom is -0.508 e. The lowest BCUT2D eigenvalue weighted by atomic mass is 9.86. The predicted molar refractivity (Wildman–Crippen MR) is 196 cm³/mol. The Morgan fingerprint density at radius 1 is 0.784 bits per heavy atom. The molecule has 0 aliphatic heterocycles. The molecule has 0 heterocycles. The number of nitrogens with zero attached hydrogens (tertiary/aromatic N) is 1. The van der Waals surface area contributed by atoms with Crippen molar-refractivity contribution < 1.29 is 33.8 Å². The van der Waals surface area contributed by atoms with Crippen LogP contribution in [0, 0.1) is 13.8 Å². The average molecular weight is 700 g/mol. The first kappa shape index (κ1) is 38.9. The number of rotatable bonds is 12. The van der Waals surface area contributed by atoms with Gasteiger partial charge in [-0.1, -0.05) is 66.2 Å². The Morgan fingerprint density at radius 3 is 1.92 bits per heavy atom. The maximum absolute atomic E-state index is 15.0. The van der Waals surface area contributed by atoms with Crippen molar-refractivity contribution in [2.45, 2.75) is 123 Å². The molecule has 10 heteroatoms. The molecule has 0 radical (unpaired) electrons. The van der Waals surface area contributed by atoms with E-state index in [0.717, 1.165) is 23.1 Å². The van der Waals surface area contributed by atoms with Crippen LogP contribution in [-0.2, 0) is 36.7 Å². The number of carbonyl (C=O) groups is 4. The van der Waals surface area contributed by atoms with Crippen LogP contribution in [0.15, 0.2) is 72.8 Å². The zero-order valence-corrected chi connectivity index (χ0v) is 31.1. The van der Waals surface area contributed by atoms with Gasteiger partial charge in [-0.2, -0.15) is 0 Å². The van der Waals surface area contributed by atoms with E-state index in [4.69, 9.17) is 9.47 Å². The Bertz CT molecular complexity index is 1670. The lowest BCUT2D eigenvalue weighted by molar-refractivity contribution is -0.159. The third-order valence-electron chi connectivity index (χ3n) is 8.62. The van der Waals surface area contributed by atoms with Crippen LogP contribution in [0.1, 0.15) is 94.7 Å². The summed E-state index contributed by atoms with van der Waals surface area (Å²) >= 11 is 0. The van der Waals surface area contributed by atoms with Crippen molar-refractivity contribution in [2.75, 3.05) is 0 Å². The van der Waals surface area contributed by atoms with Crippen LogP contribution < -0.4 is 10.6 Å². The number of ether oxygens (including phenoxy) is 2. The van der Waals surface area contributed by atoms with Gasteiger partial charge < -0.3 is 30.1 Å². The van der Waals surface area contributed by atoms with E-state index >= 15 is 0 Å². The van der Waals surface area contributed by atoms with Crippen LogP contribution in [0.2, 0.25) is 0 Å². The molecule has 51 heavy (non-hydrogen) atoms. The minimum atomic E-state index is -1.13. The summed E-state index contributed by atoms with van der Waals surface area (Å²) in [4.78, 5) is 58.2. The molecule has 0 saturated heterocycles. The first-order chi connectivity index (χ1) is 23.9. The lowest BCUT2D eigenvalue weighted by Gasteiger charge is -2.44. The summed E-state index contributed by atoms with van der Waals surface area (Å²) in [6, 6.07) is 17.9. The van der Waals surface area contributed by atoms with Gasteiger partial charge in [-0.3, -0.25) is 9.59 Å². The topological polar surface area (TPSA) is 134 Å². The second-order valence-corrected chi connectivity index (χ2v) is 15.4. The number of hydrogen-bond acceptors (Lipinski definition) is 7. The number of esters is 1. The quantitative estimate of drug-likeness (QED) is 0.181. The van der Waals surface area contributed by atoms with E-state index in [1.165, 1.54) is 12.1 Å². The molecule has 0 spiro atoms. The van der Waals surface area contributed by atoms with Crippen molar-refractivity contribution in [2.24, 2.45) is 0 Å². The largest absolute Gasteiger partial charge is 0.508 e. The van der Waals surface area contributed by atoms with Crippen LogP contribution >= 0.6 is 0 Å². The minimum absolute atomic E-state index is 0.0689. The lowest BCUT2D eigenvalue weighted by Crippen LogP contribution is -2.59. The number of hydrogen-bond donors (Lipinski definition) is 3. The van der Waals surface area contributed by atoms with E-state index in [-0.39, 0.29) is 24.6 Å². The highest BCUT2D eigenvalue weighted by molar-refractivity contribution is 5.94. The van der Waals surface area contributed by atoms with E-state index in [1.807, 2.05) is 62.4 Å². The third-order valence-corrected chi connectivity index (χ3v) is 8.62. The fourth-order valence-electron chi connectivity index (χ4n) is 6.10. The number of aromatic hydroxyl groups is 1. The van der Waals surface area contributed by atoms with Crippen molar-refractivity contribution in [1.29, 1.82) is 0 Å². The molecule has 4 rings (SSSR count). The summed E-state index contributed by atoms with van der Waals surface area (Å²) < 4.78 is 11.3. The van der Waals surface area contributed by atoms with Gasteiger partial charge in [0.1, 0.15) is 35.1 Å². The molecule has 3 aromatic carbocycles. The van der Waals surface area contributed by atoms with Crippen LogP contribution in [0.5, 0.6) is 5.75 Å². The highest BCUT2D eigenvalue weighted by atomic mass is 16.6. The number of amides is 3. The Kier molecular flexibility index (Phi) is 12.6. The van der Waals surface area contributed by atoms with Gasteiger partial charge >= 0.3 is 12.1 Å². The molecule has 1 aliphatic carbocycles. The van der Waals surface area contributed by atoms with Gasteiger partial charge in [0.2, 0.25) is 11.8 Å². The van der Waals surface area contributed by atoms with Gasteiger partial charge in [0.15, 0.2) is 0 Å². The maximum atomic E-state index is 15.0. The average Bonchev–Trinajstić information content (AvgIpc) is 2.99. The van der Waals surface area contributed by atoms with Crippen molar-refractivity contribution in [3.8, 4) is 5.75 Å². The smallest absolute Gasteiger partial charge is 0.408 e. The molecular weight excluding hydrogens is 646 g/mol. The number of phenolic OH excluding ortho intramolecular Hbond substituents is 1. The van der Waals surface area contributed by atoms with E-state index in [2.05, 4.69) is 10.6 Å². The van der Waals surface area contributed by atoms with E-state index in [0.29, 0.717) is 24.0 Å². The molecule has 1 aliphatic rings. The second-order valence-electron chi connectivity index (χ2n) is 15.4. The molecule has 274 valence electrons. The summed E-state index contributed by atoms with van der Waals surface area (Å²) in [5.41, 5.74) is 2.31. The molecule has 0 bridgehead atoms. The highest BCUT2D eigenvalue weighted by Crippen LogP contribution is 2.35. The summed E-state index contributed by atoms with van der Waals surface area (Å²) in [6.07, 6.45) is 1.69. The van der Waals surface area contributed by atoms with Crippen molar-refractivity contribution in [3.63, 3.8) is 0 Å². The standard InChI is InChI=1S/C41H53N3O7/c1-26-17-22-32(27(2)23-26)35(36(46)42-34(38(48)50-40(3,4)5)25-28-13-10-9-11-14-28)44(30-15-12-16-30)37(47)33(43-39(49)51-41(6,7)8)24-29-18-20-31(45)21-19-29/h9-11,13-14,17-23,30,33-35,45H,12,15-16,24-25H2,1-8H3,(H,42,46)(H,43,49). The number of alkyl carbamates (subject to hydrolysis) is 1. The third kappa shape index (κ3) is 11.3. The van der Waals surface area contributed by atoms with E-state index < -0.39 is 53.2 Å². The first-order valence-corrected chi connectivity index (χ1v) is 17.6. The zero-order chi connectivity index (χ0) is 37.5. The number of benzene rings is 3. The molecule has 1 saturated carbocycles. The number of nitrogens with one attached hydrogen (secondary N) is 2. The molecular formula is C41H53N3O7. The monoisotopic (exact) mass is 699 g/mol. The second kappa shape index (κ2) is 16.4. The zero-order valence-electron chi connectivity index (χ0n) is 31.1. The van der Waals surface area contributed by atoms with Gasteiger partial charge in [0.25, 0.3) is 0 Å². The van der Waals surface area contributed by atoms with E-state index in [9.17, 15) is 24.3 Å². The Balaban J connectivity index is 1.80. The summed E-state index contributed by atoms with van der Waals surface area (Å²) in [5.74, 6) is -1.51. The summed E-state index contributed by atoms with van der Waals surface area (Å²) in [7, 11) is 0. The molecule has 3 aromatic rings. The maximum Gasteiger partial charge on any atom is 0.408 e. The number of carbonyl (C=O) groups excluding carboxylic acids is 4. The van der Waals surface area contributed by atoms with Gasteiger partial charge in [0.05, 0.1) is 0 Å². The van der Waals surface area contributed by atoms with Crippen molar-refractivity contribution >= 4 is 23.9 Å². The van der Waals surface area contributed by atoms with Gasteiger partial charge in [-0.15, -0.1) is 0 Å². The molecule has 0 aromatic heterocycles. The molecule has 1 fully saturated rings. The molecule has 3 unspecified atom stereocenters. The van der Waals surface area contributed by atoms with Crippen molar-refractivity contribution in [3.05, 3.63) is 101 Å². The van der Waals surface area contributed by atoms with Crippen LogP contribution in [0.25, 0.3) is 0 Å². The van der Waals surface area contributed by atoms with Crippen LogP contribution in [0.4, 0.5) is 4.79 Å². The molecule has 10 nitrogen and oxygen atoms in total. The predicted octanol–water partition coefficient (Wildman–Crippen LogP) is 6.64. The first-order valence-electron chi connectivity index (χ1n) is 17.6. The summed E-state index contributed by atoms with van der Waals surface area (Å²) in [6.45, 7) is 14.4. The normalized spacial score (nSPS) is 15.1. The molecule has 3 atom stereocenters.